The minimum atomic E-state index is -0.479. The SMILES string of the molecule is O=C(NCCNc1ccccc1[N+](=O)[O-])c1cccc(N2C(=O)CCC2=O)c1. The van der Waals surface area contributed by atoms with Crippen LogP contribution in [0.1, 0.15) is 23.2 Å². The highest BCUT2D eigenvalue weighted by Gasteiger charge is 2.30. The first-order chi connectivity index (χ1) is 13.5. The second kappa shape index (κ2) is 8.30. The van der Waals surface area contributed by atoms with Crippen LogP contribution < -0.4 is 15.5 Å². The maximum absolute atomic E-state index is 12.3. The summed E-state index contributed by atoms with van der Waals surface area (Å²) in [5.74, 6) is -0.933. The Balaban J connectivity index is 1.57. The van der Waals surface area contributed by atoms with Crippen LogP contribution in [0.25, 0.3) is 0 Å². The number of hydrogen-bond donors (Lipinski definition) is 2. The van der Waals surface area contributed by atoms with Crippen molar-refractivity contribution in [3.05, 3.63) is 64.2 Å². The standard InChI is InChI=1S/C19H18N4O5/c24-17-8-9-18(25)22(17)14-5-3-4-13(12-14)19(26)21-11-10-20-15-6-1-2-7-16(15)23(27)28/h1-7,12,20H,8-11H2,(H,21,26). The molecule has 0 spiro atoms. The van der Waals surface area contributed by atoms with Gasteiger partial charge in [0.1, 0.15) is 5.69 Å². The van der Waals surface area contributed by atoms with Crippen LogP contribution in [0.15, 0.2) is 48.5 Å². The van der Waals surface area contributed by atoms with Crippen molar-refractivity contribution in [1.82, 2.24) is 5.32 Å². The fraction of sp³-hybridized carbons (Fsp3) is 0.211. The molecule has 9 nitrogen and oxygen atoms in total. The minimum absolute atomic E-state index is 0.0403. The average Bonchev–Trinajstić information content (AvgIpc) is 3.03. The van der Waals surface area contributed by atoms with E-state index in [4.69, 9.17) is 0 Å². The molecule has 0 aliphatic carbocycles. The van der Waals surface area contributed by atoms with Crippen molar-refractivity contribution < 1.29 is 19.3 Å². The number of nitro benzene ring substituents is 1. The smallest absolute Gasteiger partial charge is 0.292 e. The van der Waals surface area contributed by atoms with Gasteiger partial charge < -0.3 is 10.6 Å². The highest BCUT2D eigenvalue weighted by molar-refractivity contribution is 6.20. The lowest BCUT2D eigenvalue weighted by Crippen LogP contribution is -2.30. The first-order valence-corrected chi connectivity index (χ1v) is 8.68. The summed E-state index contributed by atoms with van der Waals surface area (Å²) >= 11 is 0. The Kier molecular flexibility index (Phi) is 5.64. The molecule has 1 fully saturated rings. The number of imide groups is 1. The van der Waals surface area contributed by atoms with Crippen LogP contribution >= 0.6 is 0 Å². The summed E-state index contributed by atoms with van der Waals surface area (Å²) in [6.45, 7) is 0.524. The second-order valence-electron chi connectivity index (χ2n) is 6.13. The number of anilines is 2. The Labute approximate surface area is 160 Å². The molecule has 1 heterocycles. The number of hydrogen-bond acceptors (Lipinski definition) is 6. The van der Waals surface area contributed by atoms with E-state index in [0.717, 1.165) is 4.90 Å². The average molecular weight is 382 g/mol. The fourth-order valence-corrected chi connectivity index (χ4v) is 2.91. The number of para-hydroxylation sites is 2. The number of carbonyl (C=O) groups is 3. The molecule has 144 valence electrons. The molecule has 28 heavy (non-hydrogen) atoms. The highest BCUT2D eigenvalue weighted by Crippen LogP contribution is 2.24. The lowest BCUT2D eigenvalue weighted by molar-refractivity contribution is -0.384. The van der Waals surface area contributed by atoms with Gasteiger partial charge in [-0.15, -0.1) is 0 Å². The monoisotopic (exact) mass is 382 g/mol. The molecule has 1 aliphatic heterocycles. The summed E-state index contributed by atoms with van der Waals surface area (Å²) in [6, 6.07) is 12.5. The van der Waals surface area contributed by atoms with Crippen LogP contribution in [-0.4, -0.2) is 35.7 Å². The van der Waals surface area contributed by atoms with Gasteiger partial charge in [0.05, 0.1) is 10.6 Å². The van der Waals surface area contributed by atoms with Gasteiger partial charge in [-0.05, 0) is 24.3 Å². The topological polar surface area (TPSA) is 122 Å². The van der Waals surface area contributed by atoms with Gasteiger partial charge in [0, 0.05) is 37.6 Å². The van der Waals surface area contributed by atoms with E-state index in [2.05, 4.69) is 10.6 Å². The molecule has 0 atom stereocenters. The van der Waals surface area contributed by atoms with E-state index in [1.54, 1.807) is 36.4 Å². The van der Waals surface area contributed by atoms with E-state index in [-0.39, 0.29) is 42.8 Å². The Hall–Kier alpha value is -3.75. The number of nitrogens with zero attached hydrogens (tertiary/aromatic N) is 2. The van der Waals surface area contributed by atoms with Gasteiger partial charge >= 0.3 is 0 Å². The molecule has 2 N–H and O–H groups in total. The normalized spacial score (nSPS) is 13.5. The van der Waals surface area contributed by atoms with Crippen molar-refractivity contribution in [2.75, 3.05) is 23.3 Å². The highest BCUT2D eigenvalue weighted by atomic mass is 16.6. The molecule has 0 radical (unpaired) electrons. The lowest BCUT2D eigenvalue weighted by Gasteiger charge is -2.15. The van der Waals surface area contributed by atoms with Crippen molar-refractivity contribution in [2.45, 2.75) is 12.8 Å². The predicted octanol–water partition coefficient (Wildman–Crippen LogP) is 2.09. The first-order valence-electron chi connectivity index (χ1n) is 8.68. The number of benzene rings is 2. The van der Waals surface area contributed by atoms with Crippen molar-refractivity contribution in [3.63, 3.8) is 0 Å². The van der Waals surface area contributed by atoms with E-state index >= 15 is 0 Å². The van der Waals surface area contributed by atoms with Crippen LogP contribution in [0.2, 0.25) is 0 Å². The molecule has 0 aromatic heterocycles. The molecule has 0 bridgehead atoms. The van der Waals surface area contributed by atoms with Crippen LogP contribution in [0.4, 0.5) is 17.1 Å². The van der Waals surface area contributed by atoms with Crippen LogP contribution in [0, 0.1) is 10.1 Å². The third kappa shape index (κ3) is 4.14. The van der Waals surface area contributed by atoms with E-state index < -0.39 is 4.92 Å². The predicted molar refractivity (Wildman–Crippen MR) is 102 cm³/mol. The summed E-state index contributed by atoms with van der Waals surface area (Å²) in [4.78, 5) is 47.6. The summed E-state index contributed by atoms with van der Waals surface area (Å²) in [5, 5.41) is 16.6. The van der Waals surface area contributed by atoms with Gasteiger partial charge in [0.25, 0.3) is 11.6 Å². The fourth-order valence-electron chi connectivity index (χ4n) is 2.91. The van der Waals surface area contributed by atoms with E-state index in [0.29, 0.717) is 23.5 Å². The third-order valence-electron chi connectivity index (χ3n) is 4.24. The largest absolute Gasteiger partial charge is 0.378 e. The van der Waals surface area contributed by atoms with Crippen molar-refractivity contribution >= 4 is 34.8 Å². The Morgan fingerprint density at radius 2 is 1.75 bits per heavy atom. The summed E-state index contributed by atoms with van der Waals surface area (Å²) in [7, 11) is 0. The van der Waals surface area contributed by atoms with Crippen LogP contribution in [-0.2, 0) is 9.59 Å². The molecular weight excluding hydrogens is 364 g/mol. The zero-order valence-electron chi connectivity index (χ0n) is 14.9. The molecule has 1 saturated heterocycles. The molecular formula is C19H18N4O5. The van der Waals surface area contributed by atoms with Gasteiger partial charge in [-0.1, -0.05) is 18.2 Å². The van der Waals surface area contributed by atoms with Gasteiger partial charge in [0.15, 0.2) is 0 Å². The molecule has 3 rings (SSSR count). The molecule has 9 heteroatoms. The van der Waals surface area contributed by atoms with E-state index in [9.17, 15) is 24.5 Å². The van der Waals surface area contributed by atoms with Crippen molar-refractivity contribution in [2.24, 2.45) is 0 Å². The Bertz CT molecular complexity index is 927. The molecule has 2 aromatic carbocycles. The zero-order chi connectivity index (χ0) is 20.1. The van der Waals surface area contributed by atoms with Gasteiger partial charge in [-0.2, -0.15) is 0 Å². The summed E-state index contributed by atoms with van der Waals surface area (Å²) in [6.07, 6.45) is 0.346. The van der Waals surface area contributed by atoms with Crippen LogP contribution in [0.3, 0.4) is 0 Å². The number of nitrogens with one attached hydrogen (secondary N) is 2. The van der Waals surface area contributed by atoms with Gasteiger partial charge in [-0.3, -0.25) is 29.4 Å². The molecule has 2 aromatic rings. The zero-order valence-corrected chi connectivity index (χ0v) is 14.9. The minimum Gasteiger partial charge on any atom is -0.378 e. The lowest BCUT2D eigenvalue weighted by atomic mass is 10.1. The summed E-state index contributed by atoms with van der Waals surface area (Å²) in [5.41, 5.74) is 1.02. The molecule has 0 unspecified atom stereocenters. The summed E-state index contributed by atoms with van der Waals surface area (Å²) < 4.78 is 0. The van der Waals surface area contributed by atoms with Crippen molar-refractivity contribution in [1.29, 1.82) is 0 Å². The maximum Gasteiger partial charge on any atom is 0.292 e. The Morgan fingerprint density at radius 3 is 2.46 bits per heavy atom. The number of rotatable bonds is 7. The van der Waals surface area contributed by atoms with Crippen LogP contribution in [0.5, 0.6) is 0 Å². The molecule has 3 amide bonds. The van der Waals surface area contributed by atoms with E-state index in [1.807, 2.05) is 0 Å². The third-order valence-corrected chi connectivity index (χ3v) is 4.24. The Morgan fingerprint density at radius 1 is 1.04 bits per heavy atom. The number of nitro groups is 1. The maximum atomic E-state index is 12.3. The number of amides is 3. The second-order valence-corrected chi connectivity index (χ2v) is 6.13. The van der Waals surface area contributed by atoms with Gasteiger partial charge in [0.2, 0.25) is 11.8 Å². The van der Waals surface area contributed by atoms with Gasteiger partial charge in [-0.25, -0.2) is 0 Å². The first kappa shape index (κ1) is 19.0. The molecule has 0 saturated carbocycles. The van der Waals surface area contributed by atoms with E-state index in [1.165, 1.54) is 12.1 Å². The van der Waals surface area contributed by atoms with Crippen molar-refractivity contribution in [3.8, 4) is 0 Å². The quantitative estimate of drug-likeness (QED) is 0.327. The molecule has 1 aliphatic rings. The number of carbonyl (C=O) groups excluding carboxylic acids is 3.